The number of aliphatic hydroxyl groups excluding tert-OH is 1. The van der Waals surface area contributed by atoms with Crippen LogP contribution in [-0.4, -0.2) is 49.6 Å². The van der Waals surface area contributed by atoms with Crippen molar-refractivity contribution in [2.75, 3.05) is 38.3 Å². The Kier molecular flexibility index (Phi) is 5.65. The summed E-state index contributed by atoms with van der Waals surface area (Å²) in [5.74, 6) is -3.38. The van der Waals surface area contributed by atoms with Crippen LogP contribution in [0.2, 0.25) is 0 Å². The van der Waals surface area contributed by atoms with Gasteiger partial charge in [-0.15, -0.1) is 0 Å². The number of nitrogens with zero attached hydrogens (tertiary/aromatic N) is 1. The normalized spacial score (nSPS) is 10.5. The lowest BCUT2D eigenvalue weighted by molar-refractivity contribution is 0.0695. The third-order valence-electron chi connectivity index (χ3n) is 2.52. The Bertz CT molecular complexity index is 430. The van der Waals surface area contributed by atoms with Crippen molar-refractivity contribution >= 4 is 11.7 Å². The fourth-order valence-corrected chi connectivity index (χ4v) is 1.65. The molecule has 0 aliphatic carbocycles. The predicted molar refractivity (Wildman–Crippen MR) is 64.5 cm³/mol. The van der Waals surface area contributed by atoms with E-state index in [1.807, 2.05) is 0 Å². The van der Waals surface area contributed by atoms with Gasteiger partial charge in [0, 0.05) is 20.2 Å². The summed E-state index contributed by atoms with van der Waals surface area (Å²) in [5.41, 5.74) is -0.828. The number of hydrogen-bond acceptors (Lipinski definition) is 4. The van der Waals surface area contributed by atoms with Crippen molar-refractivity contribution in [3.63, 3.8) is 0 Å². The predicted octanol–water partition coefficient (Wildman–Crippen LogP) is 1.11. The van der Waals surface area contributed by atoms with Gasteiger partial charge in [-0.1, -0.05) is 0 Å². The SMILES string of the molecule is COCCN(CCO)c1c(F)cc(C(=O)O)cc1F. The Labute approximate surface area is 109 Å². The zero-order valence-electron chi connectivity index (χ0n) is 10.4. The third kappa shape index (κ3) is 3.87. The second-order valence-electron chi connectivity index (χ2n) is 3.80. The Morgan fingerprint density at radius 2 is 1.89 bits per heavy atom. The molecule has 5 nitrogen and oxygen atoms in total. The van der Waals surface area contributed by atoms with Crippen molar-refractivity contribution in [3.05, 3.63) is 29.3 Å². The molecular formula is C12H15F2NO4. The number of aromatic carboxylic acids is 1. The molecule has 0 fully saturated rings. The quantitative estimate of drug-likeness (QED) is 0.780. The van der Waals surface area contributed by atoms with Gasteiger partial charge in [-0.05, 0) is 12.1 Å². The van der Waals surface area contributed by atoms with Crippen molar-refractivity contribution in [3.8, 4) is 0 Å². The van der Waals surface area contributed by atoms with Gasteiger partial charge in [0.25, 0.3) is 0 Å². The van der Waals surface area contributed by atoms with Crippen LogP contribution < -0.4 is 4.90 Å². The summed E-state index contributed by atoms with van der Waals surface area (Å²) in [6.45, 7) is 0.129. The van der Waals surface area contributed by atoms with Gasteiger partial charge in [-0.3, -0.25) is 0 Å². The highest BCUT2D eigenvalue weighted by atomic mass is 19.1. The maximum Gasteiger partial charge on any atom is 0.335 e. The zero-order chi connectivity index (χ0) is 14.4. The number of carboxylic acids is 1. The van der Waals surface area contributed by atoms with E-state index in [1.54, 1.807) is 0 Å². The molecule has 0 saturated heterocycles. The number of carboxylic acid groups (broad SMARTS) is 1. The van der Waals surface area contributed by atoms with Gasteiger partial charge in [-0.25, -0.2) is 13.6 Å². The van der Waals surface area contributed by atoms with E-state index in [4.69, 9.17) is 14.9 Å². The Hall–Kier alpha value is -1.73. The summed E-state index contributed by atoms with van der Waals surface area (Å²) in [4.78, 5) is 11.9. The zero-order valence-corrected chi connectivity index (χ0v) is 10.4. The summed E-state index contributed by atoms with van der Waals surface area (Å²) in [5, 5.41) is 17.6. The minimum absolute atomic E-state index is 0.0175. The molecule has 2 N–H and O–H groups in total. The van der Waals surface area contributed by atoms with Crippen molar-refractivity contribution < 1.29 is 28.5 Å². The highest BCUT2D eigenvalue weighted by molar-refractivity contribution is 5.88. The molecule has 0 amide bonds. The lowest BCUT2D eigenvalue weighted by Crippen LogP contribution is -2.32. The molecule has 0 aliphatic rings. The van der Waals surface area contributed by atoms with E-state index < -0.39 is 23.2 Å². The number of rotatable bonds is 7. The highest BCUT2D eigenvalue weighted by Crippen LogP contribution is 2.25. The number of anilines is 1. The first-order valence-electron chi connectivity index (χ1n) is 5.58. The molecular weight excluding hydrogens is 260 g/mol. The monoisotopic (exact) mass is 275 g/mol. The molecule has 1 aromatic carbocycles. The van der Waals surface area contributed by atoms with Gasteiger partial charge in [0.1, 0.15) is 17.3 Å². The number of methoxy groups -OCH3 is 1. The van der Waals surface area contributed by atoms with E-state index in [0.29, 0.717) is 0 Å². The standard InChI is InChI=1S/C12H15F2NO4/c1-19-5-3-15(2-4-16)11-9(13)6-8(12(17)18)7-10(11)14/h6-7,16H,2-5H2,1H3,(H,17,18). The van der Waals surface area contributed by atoms with Crippen LogP contribution in [0.4, 0.5) is 14.5 Å². The minimum atomic E-state index is -1.41. The van der Waals surface area contributed by atoms with E-state index in [2.05, 4.69) is 0 Å². The van der Waals surface area contributed by atoms with Crippen LogP contribution in [0.15, 0.2) is 12.1 Å². The van der Waals surface area contributed by atoms with Crippen LogP contribution in [0.5, 0.6) is 0 Å². The van der Waals surface area contributed by atoms with Crippen LogP contribution in [0.1, 0.15) is 10.4 Å². The first kappa shape index (κ1) is 15.3. The molecule has 0 bridgehead atoms. The molecule has 0 atom stereocenters. The molecule has 7 heteroatoms. The molecule has 0 heterocycles. The number of ether oxygens (including phenoxy) is 1. The van der Waals surface area contributed by atoms with E-state index in [9.17, 15) is 13.6 Å². The van der Waals surface area contributed by atoms with E-state index in [0.717, 1.165) is 12.1 Å². The van der Waals surface area contributed by atoms with Crippen LogP contribution >= 0.6 is 0 Å². The van der Waals surface area contributed by atoms with Gasteiger partial charge < -0.3 is 19.8 Å². The summed E-state index contributed by atoms with van der Waals surface area (Å²) in [6, 6.07) is 1.50. The maximum absolute atomic E-state index is 13.8. The molecule has 0 aliphatic heterocycles. The van der Waals surface area contributed by atoms with Crippen molar-refractivity contribution in [2.24, 2.45) is 0 Å². The largest absolute Gasteiger partial charge is 0.478 e. The van der Waals surface area contributed by atoms with Gasteiger partial charge in [-0.2, -0.15) is 0 Å². The molecule has 0 radical (unpaired) electrons. The van der Waals surface area contributed by atoms with E-state index in [-0.39, 0.29) is 32.0 Å². The van der Waals surface area contributed by atoms with Gasteiger partial charge in [0.15, 0.2) is 0 Å². The molecule has 1 aromatic rings. The maximum atomic E-state index is 13.8. The Morgan fingerprint density at radius 3 is 2.32 bits per heavy atom. The van der Waals surface area contributed by atoms with Gasteiger partial charge in [0.2, 0.25) is 0 Å². The summed E-state index contributed by atoms with van der Waals surface area (Å²) < 4.78 is 32.4. The smallest absolute Gasteiger partial charge is 0.335 e. The van der Waals surface area contributed by atoms with E-state index in [1.165, 1.54) is 12.0 Å². The Balaban J connectivity index is 3.11. The van der Waals surface area contributed by atoms with E-state index >= 15 is 0 Å². The number of aliphatic hydroxyl groups is 1. The number of halogens is 2. The first-order chi connectivity index (χ1) is 9.01. The van der Waals surface area contributed by atoms with Crippen LogP contribution in [0, 0.1) is 11.6 Å². The summed E-state index contributed by atoms with van der Waals surface area (Å²) >= 11 is 0. The second-order valence-corrected chi connectivity index (χ2v) is 3.80. The second kappa shape index (κ2) is 7.01. The van der Waals surface area contributed by atoms with Crippen molar-refractivity contribution in [1.29, 1.82) is 0 Å². The molecule has 19 heavy (non-hydrogen) atoms. The topological polar surface area (TPSA) is 70.0 Å². The number of benzene rings is 1. The van der Waals surface area contributed by atoms with Gasteiger partial charge in [0.05, 0.1) is 18.8 Å². The van der Waals surface area contributed by atoms with Crippen molar-refractivity contribution in [2.45, 2.75) is 0 Å². The molecule has 0 spiro atoms. The lowest BCUT2D eigenvalue weighted by atomic mass is 10.1. The number of carbonyl (C=O) groups is 1. The average Bonchev–Trinajstić information content (AvgIpc) is 2.34. The third-order valence-corrected chi connectivity index (χ3v) is 2.52. The van der Waals surface area contributed by atoms with Crippen LogP contribution in [-0.2, 0) is 4.74 Å². The Morgan fingerprint density at radius 1 is 1.32 bits per heavy atom. The summed E-state index contributed by atoms with van der Waals surface area (Å²) in [7, 11) is 1.44. The molecule has 1 rings (SSSR count). The minimum Gasteiger partial charge on any atom is -0.478 e. The summed E-state index contributed by atoms with van der Waals surface area (Å²) in [6.07, 6.45) is 0. The number of hydrogen-bond donors (Lipinski definition) is 2. The van der Waals surface area contributed by atoms with Gasteiger partial charge >= 0.3 is 5.97 Å². The molecule has 0 saturated carbocycles. The van der Waals surface area contributed by atoms with Crippen molar-refractivity contribution in [1.82, 2.24) is 0 Å². The molecule has 106 valence electrons. The highest BCUT2D eigenvalue weighted by Gasteiger charge is 2.19. The fourth-order valence-electron chi connectivity index (χ4n) is 1.65. The molecule has 0 unspecified atom stereocenters. The van der Waals surface area contributed by atoms with Crippen LogP contribution in [0.25, 0.3) is 0 Å². The lowest BCUT2D eigenvalue weighted by Gasteiger charge is -2.24. The average molecular weight is 275 g/mol. The molecule has 0 aromatic heterocycles. The fraction of sp³-hybridized carbons (Fsp3) is 0.417. The van der Waals surface area contributed by atoms with Crippen LogP contribution in [0.3, 0.4) is 0 Å². The first-order valence-corrected chi connectivity index (χ1v) is 5.58.